The molecule has 0 N–H and O–H groups in total. The summed E-state index contributed by atoms with van der Waals surface area (Å²) in [5.41, 5.74) is 1.31. The number of ether oxygens (including phenoxy) is 4. The lowest BCUT2D eigenvalue weighted by Crippen LogP contribution is -2.15. The van der Waals surface area contributed by atoms with Gasteiger partial charge in [0, 0.05) is 0 Å². The lowest BCUT2D eigenvalue weighted by atomic mass is 10.1. The zero-order valence-electron chi connectivity index (χ0n) is 13.6. The van der Waals surface area contributed by atoms with Crippen LogP contribution in [0.5, 0.6) is 11.5 Å². The van der Waals surface area contributed by atoms with Crippen LogP contribution in [-0.2, 0) is 15.9 Å². The SMILES string of the molecule is CCCCCCc1ccc2c(c1)OCCOCCOCCO2. The molecule has 0 unspecified atom stereocenters. The van der Waals surface area contributed by atoms with Gasteiger partial charge in [-0.2, -0.15) is 0 Å². The predicted molar refractivity (Wildman–Crippen MR) is 86.9 cm³/mol. The molecule has 0 amide bonds. The minimum atomic E-state index is 0.534. The van der Waals surface area contributed by atoms with E-state index in [0.717, 1.165) is 17.9 Å². The van der Waals surface area contributed by atoms with Crippen LogP contribution in [0.4, 0.5) is 0 Å². The molecule has 0 saturated heterocycles. The molecule has 2 rings (SSSR count). The summed E-state index contributed by atoms with van der Waals surface area (Å²) in [6, 6.07) is 6.25. The van der Waals surface area contributed by atoms with Crippen molar-refractivity contribution in [3.8, 4) is 11.5 Å². The molecule has 0 spiro atoms. The quantitative estimate of drug-likeness (QED) is 0.779. The molecule has 0 radical (unpaired) electrons. The van der Waals surface area contributed by atoms with E-state index in [1.54, 1.807) is 0 Å². The Morgan fingerprint density at radius 2 is 1.45 bits per heavy atom. The molecule has 0 aromatic heterocycles. The summed E-state index contributed by atoms with van der Waals surface area (Å²) in [6.07, 6.45) is 6.18. The largest absolute Gasteiger partial charge is 0.487 e. The third kappa shape index (κ3) is 6.24. The summed E-state index contributed by atoms with van der Waals surface area (Å²) in [5, 5.41) is 0. The van der Waals surface area contributed by atoms with Gasteiger partial charge in [-0.15, -0.1) is 0 Å². The van der Waals surface area contributed by atoms with Crippen molar-refractivity contribution in [2.75, 3.05) is 39.6 Å². The van der Waals surface area contributed by atoms with E-state index in [1.165, 1.54) is 31.2 Å². The molecule has 0 bridgehead atoms. The Bertz CT molecular complexity index is 420. The fourth-order valence-corrected chi connectivity index (χ4v) is 2.44. The van der Waals surface area contributed by atoms with Gasteiger partial charge in [-0.1, -0.05) is 32.3 Å². The van der Waals surface area contributed by atoms with Gasteiger partial charge in [0.1, 0.15) is 13.2 Å². The average molecular weight is 308 g/mol. The molecule has 1 aromatic rings. The Balaban J connectivity index is 1.94. The molecule has 1 heterocycles. The highest BCUT2D eigenvalue weighted by Crippen LogP contribution is 2.29. The molecule has 0 saturated carbocycles. The third-order valence-corrected chi connectivity index (χ3v) is 3.67. The molecule has 4 nitrogen and oxygen atoms in total. The first-order valence-corrected chi connectivity index (χ1v) is 8.44. The first-order chi connectivity index (χ1) is 10.9. The van der Waals surface area contributed by atoms with Crippen LogP contribution in [0.3, 0.4) is 0 Å². The van der Waals surface area contributed by atoms with E-state index in [1.807, 2.05) is 6.07 Å². The molecule has 1 aliphatic rings. The highest BCUT2D eigenvalue weighted by Gasteiger charge is 2.08. The summed E-state index contributed by atoms with van der Waals surface area (Å²) in [7, 11) is 0. The summed E-state index contributed by atoms with van der Waals surface area (Å²) in [5.74, 6) is 1.61. The van der Waals surface area contributed by atoms with Crippen LogP contribution >= 0.6 is 0 Å². The van der Waals surface area contributed by atoms with Gasteiger partial charge in [0.2, 0.25) is 0 Å². The van der Waals surface area contributed by atoms with E-state index in [-0.39, 0.29) is 0 Å². The molecule has 0 aliphatic carbocycles. The molecule has 4 heteroatoms. The number of fused-ring (bicyclic) bond motifs is 1. The minimum Gasteiger partial charge on any atom is -0.487 e. The zero-order chi connectivity index (χ0) is 15.5. The second-order valence-corrected chi connectivity index (χ2v) is 5.51. The normalized spacial score (nSPS) is 16.6. The van der Waals surface area contributed by atoms with Crippen LogP contribution in [0.1, 0.15) is 38.2 Å². The van der Waals surface area contributed by atoms with Crippen molar-refractivity contribution in [1.82, 2.24) is 0 Å². The van der Waals surface area contributed by atoms with Crippen molar-refractivity contribution >= 4 is 0 Å². The maximum Gasteiger partial charge on any atom is 0.161 e. The molecule has 1 aliphatic heterocycles. The number of hydrogen-bond donors (Lipinski definition) is 0. The molecular weight excluding hydrogens is 280 g/mol. The van der Waals surface area contributed by atoms with Crippen molar-refractivity contribution in [2.24, 2.45) is 0 Å². The summed E-state index contributed by atoms with van der Waals surface area (Å²) in [6.45, 7) is 5.66. The number of benzene rings is 1. The Kier molecular flexibility index (Phi) is 8.13. The Morgan fingerprint density at radius 1 is 0.773 bits per heavy atom. The van der Waals surface area contributed by atoms with Gasteiger partial charge in [-0.25, -0.2) is 0 Å². The summed E-state index contributed by atoms with van der Waals surface area (Å²) >= 11 is 0. The van der Waals surface area contributed by atoms with E-state index in [0.29, 0.717) is 39.6 Å². The zero-order valence-corrected chi connectivity index (χ0v) is 13.6. The van der Waals surface area contributed by atoms with Gasteiger partial charge in [0.25, 0.3) is 0 Å². The van der Waals surface area contributed by atoms with E-state index in [2.05, 4.69) is 19.1 Å². The average Bonchev–Trinajstić information content (AvgIpc) is 2.53. The lowest BCUT2D eigenvalue weighted by Gasteiger charge is -2.16. The van der Waals surface area contributed by atoms with E-state index >= 15 is 0 Å². The van der Waals surface area contributed by atoms with Gasteiger partial charge in [0.15, 0.2) is 11.5 Å². The van der Waals surface area contributed by atoms with Gasteiger partial charge in [-0.05, 0) is 30.5 Å². The van der Waals surface area contributed by atoms with Crippen molar-refractivity contribution in [2.45, 2.75) is 39.0 Å². The highest BCUT2D eigenvalue weighted by atomic mass is 16.6. The number of aryl methyl sites for hydroxylation is 1. The molecule has 0 atom stereocenters. The predicted octanol–water partition coefficient (Wildman–Crippen LogP) is 3.61. The maximum atomic E-state index is 5.84. The standard InChI is InChI=1S/C18H28O4/c1-2-3-4-5-6-16-7-8-17-18(15-16)22-14-12-20-10-9-19-11-13-21-17/h7-8,15H,2-6,9-14H2,1H3. The van der Waals surface area contributed by atoms with E-state index < -0.39 is 0 Å². The van der Waals surface area contributed by atoms with Crippen LogP contribution in [-0.4, -0.2) is 39.6 Å². The molecule has 1 aromatic carbocycles. The summed E-state index contributed by atoms with van der Waals surface area (Å²) in [4.78, 5) is 0. The topological polar surface area (TPSA) is 36.9 Å². The van der Waals surface area contributed by atoms with E-state index in [9.17, 15) is 0 Å². The van der Waals surface area contributed by atoms with Crippen molar-refractivity contribution < 1.29 is 18.9 Å². The fourth-order valence-electron chi connectivity index (χ4n) is 2.44. The third-order valence-electron chi connectivity index (χ3n) is 3.67. The van der Waals surface area contributed by atoms with Crippen LogP contribution in [0.2, 0.25) is 0 Å². The Labute approximate surface area is 133 Å². The molecule has 0 fully saturated rings. The van der Waals surface area contributed by atoms with Gasteiger partial charge in [-0.3, -0.25) is 0 Å². The highest BCUT2D eigenvalue weighted by molar-refractivity contribution is 5.43. The van der Waals surface area contributed by atoms with Crippen LogP contribution < -0.4 is 9.47 Å². The smallest absolute Gasteiger partial charge is 0.161 e. The fraction of sp³-hybridized carbons (Fsp3) is 0.667. The van der Waals surface area contributed by atoms with Crippen molar-refractivity contribution in [1.29, 1.82) is 0 Å². The van der Waals surface area contributed by atoms with Gasteiger partial charge >= 0.3 is 0 Å². The minimum absolute atomic E-state index is 0.534. The number of unbranched alkanes of at least 4 members (excludes halogenated alkanes) is 3. The monoisotopic (exact) mass is 308 g/mol. The van der Waals surface area contributed by atoms with Gasteiger partial charge < -0.3 is 18.9 Å². The number of hydrogen-bond acceptors (Lipinski definition) is 4. The molecular formula is C18H28O4. The first kappa shape index (κ1) is 17.1. The van der Waals surface area contributed by atoms with Crippen LogP contribution in [0.25, 0.3) is 0 Å². The van der Waals surface area contributed by atoms with Crippen molar-refractivity contribution in [3.05, 3.63) is 23.8 Å². The second-order valence-electron chi connectivity index (χ2n) is 5.51. The lowest BCUT2D eigenvalue weighted by molar-refractivity contribution is 0.0223. The Morgan fingerprint density at radius 3 is 2.18 bits per heavy atom. The Hall–Kier alpha value is -1.26. The first-order valence-electron chi connectivity index (χ1n) is 8.44. The molecule has 124 valence electrons. The van der Waals surface area contributed by atoms with Crippen LogP contribution in [0, 0.1) is 0 Å². The summed E-state index contributed by atoms with van der Waals surface area (Å²) < 4.78 is 22.5. The van der Waals surface area contributed by atoms with Crippen LogP contribution in [0.15, 0.2) is 18.2 Å². The molecule has 22 heavy (non-hydrogen) atoms. The van der Waals surface area contributed by atoms with Gasteiger partial charge in [0.05, 0.1) is 26.4 Å². The second kappa shape index (κ2) is 10.5. The van der Waals surface area contributed by atoms with Crippen molar-refractivity contribution in [3.63, 3.8) is 0 Å². The number of rotatable bonds is 5. The maximum absolute atomic E-state index is 5.84. The van der Waals surface area contributed by atoms with E-state index in [4.69, 9.17) is 18.9 Å².